The molecule has 0 spiro atoms. The maximum atomic E-state index is 12.2. The summed E-state index contributed by atoms with van der Waals surface area (Å²) in [4.78, 5) is 21.9. The van der Waals surface area contributed by atoms with Crippen LogP contribution in [0.5, 0.6) is 0 Å². The smallest absolute Gasteiger partial charge is 0.260 e. The van der Waals surface area contributed by atoms with E-state index in [4.69, 9.17) is 5.73 Å². The van der Waals surface area contributed by atoms with Gasteiger partial charge < -0.3 is 10.6 Å². The molecule has 3 N–H and O–H groups in total. The van der Waals surface area contributed by atoms with Crippen LogP contribution < -0.4 is 16.2 Å². The molecule has 5 heteroatoms. The zero-order chi connectivity index (χ0) is 14.1. The molecular weight excluding hydrogens is 252 g/mol. The quantitative estimate of drug-likeness (QED) is 0.840. The van der Waals surface area contributed by atoms with E-state index < -0.39 is 0 Å². The average Bonchev–Trinajstić information content (AvgIpc) is 2.94. The summed E-state index contributed by atoms with van der Waals surface area (Å²) < 4.78 is 0. The van der Waals surface area contributed by atoms with Crippen molar-refractivity contribution in [2.45, 2.75) is 38.6 Å². The molecule has 1 aliphatic rings. The van der Waals surface area contributed by atoms with Crippen LogP contribution in [0, 0.1) is 0 Å². The van der Waals surface area contributed by atoms with E-state index in [1.807, 2.05) is 6.07 Å². The number of benzene rings is 1. The van der Waals surface area contributed by atoms with Crippen molar-refractivity contribution in [3.05, 3.63) is 28.6 Å². The number of hydrogen-bond acceptors (Lipinski definition) is 4. The fraction of sp³-hybridized carbons (Fsp3) is 0.467. The summed E-state index contributed by atoms with van der Waals surface area (Å²) in [5.74, 6) is 0.682. The number of rotatable bonds is 3. The zero-order valence-electron chi connectivity index (χ0n) is 11.7. The average molecular weight is 272 g/mol. The predicted molar refractivity (Wildman–Crippen MR) is 82.1 cm³/mol. The number of aromatic nitrogens is 2. The lowest BCUT2D eigenvalue weighted by Gasteiger charge is -2.28. The molecule has 0 amide bonds. The summed E-state index contributed by atoms with van der Waals surface area (Å²) in [6, 6.07) is 5.77. The predicted octanol–water partition coefficient (Wildman–Crippen LogP) is 2.27. The van der Waals surface area contributed by atoms with Gasteiger partial charge in [-0.25, -0.2) is 4.98 Å². The van der Waals surface area contributed by atoms with Crippen LogP contribution in [0.3, 0.4) is 0 Å². The molecular formula is C15H20N4O. The van der Waals surface area contributed by atoms with Crippen molar-refractivity contribution in [1.29, 1.82) is 0 Å². The van der Waals surface area contributed by atoms with E-state index in [-0.39, 0.29) is 5.56 Å². The molecule has 0 atom stereocenters. The molecule has 20 heavy (non-hydrogen) atoms. The van der Waals surface area contributed by atoms with E-state index in [0.29, 0.717) is 28.6 Å². The van der Waals surface area contributed by atoms with Gasteiger partial charge in [-0.2, -0.15) is 0 Å². The number of aromatic amines is 1. The van der Waals surface area contributed by atoms with Crippen molar-refractivity contribution in [3.8, 4) is 0 Å². The van der Waals surface area contributed by atoms with Gasteiger partial charge in [0.1, 0.15) is 0 Å². The van der Waals surface area contributed by atoms with Crippen LogP contribution in [-0.2, 0) is 0 Å². The molecule has 5 nitrogen and oxygen atoms in total. The molecule has 2 aromatic rings. The molecule has 1 aromatic heterocycles. The van der Waals surface area contributed by atoms with E-state index in [9.17, 15) is 4.79 Å². The van der Waals surface area contributed by atoms with Crippen molar-refractivity contribution in [2.24, 2.45) is 0 Å². The molecule has 1 fully saturated rings. The van der Waals surface area contributed by atoms with Crippen molar-refractivity contribution in [3.63, 3.8) is 0 Å². The standard InChI is InChI=1S/C15H20N4O/c1-2-19(11-5-3-4-6-11)15-17-13-8-7-10(16)9-12(13)14(20)18-15/h7-9,11H,2-6,16H2,1H3,(H,17,18,20). The maximum absolute atomic E-state index is 12.2. The first-order valence-corrected chi connectivity index (χ1v) is 7.25. The number of fused-ring (bicyclic) bond motifs is 1. The van der Waals surface area contributed by atoms with Gasteiger partial charge in [0.15, 0.2) is 0 Å². The van der Waals surface area contributed by atoms with E-state index >= 15 is 0 Å². The van der Waals surface area contributed by atoms with Gasteiger partial charge in [0.25, 0.3) is 5.56 Å². The fourth-order valence-electron chi connectivity index (χ4n) is 3.08. The van der Waals surface area contributed by atoms with Gasteiger partial charge in [-0.15, -0.1) is 0 Å². The van der Waals surface area contributed by atoms with Crippen molar-refractivity contribution in [1.82, 2.24) is 9.97 Å². The first-order valence-electron chi connectivity index (χ1n) is 7.25. The number of nitrogen functional groups attached to an aromatic ring is 1. The second-order valence-electron chi connectivity index (χ2n) is 5.39. The van der Waals surface area contributed by atoms with Gasteiger partial charge >= 0.3 is 0 Å². The minimum atomic E-state index is -0.117. The first kappa shape index (κ1) is 13.0. The fourth-order valence-corrected chi connectivity index (χ4v) is 3.08. The van der Waals surface area contributed by atoms with Crippen LogP contribution in [-0.4, -0.2) is 22.6 Å². The lowest BCUT2D eigenvalue weighted by molar-refractivity contribution is 0.605. The molecule has 1 heterocycles. The molecule has 0 aliphatic heterocycles. The first-order chi connectivity index (χ1) is 9.69. The van der Waals surface area contributed by atoms with Gasteiger partial charge in [-0.1, -0.05) is 12.8 Å². The highest BCUT2D eigenvalue weighted by Crippen LogP contribution is 2.26. The van der Waals surface area contributed by atoms with Crippen molar-refractivity contribution >= 4 is 22.5 Å². The van der Waals surface area contributed by atoms with Crippen molar-refractivity contribution in [2.75, 3.05) is 17.2 Å². The minimum Gasteiger partial charge on any atom is -0.399 e. The zero-order valence-corrected chi connectivity index (χ0v) is 11.7. The number of nitrogens with zero attached hydrogens (tertiary/aromatic N) is 2. The Kier molecular flexibility index (Phi) is 3.34. The van der Waals surface area contributed by atoms with Gasteiger partial charge in [0.05, 0.1) is 10.9 Å². The summed E-state index contributed by atoms with van der Waals surface area (Å²) in [6.07, 6.45) is 4.87. The summed E-state index contributed by atoms with van der Waals surface area (Å²) in [6.45, 7) is 2.96. The molecule has 0 radical (unpaired) electrons. The summed E-state index contributed by atoms with van der Waals surface area (Å²) in [5, 5.41) is 0.552. The highest BCUT2D eigenvalue weighted by atomic mass is 16.1. The third-order valence-corrected chi connectivity index (χ3v) is 4.10. The van der Waals surface area contributed by atoms with Gasteiger partial charge in [-0.05, 0) is 38.0 Å². The minimum absolute atomic E-state index is 0.117. The third-order valence-electron chi connectivity index (χ3n) is 4.10. The Morgan fingerprint density at radius 3 is 2.85 bits per heavy atom. The van der Waals surface area contributed by atoms with Crippen LogP contribution in [0.1, 0.15) is 32.6 Å². The molecule has 1 aromatic carbocycles. The van der Waals surface area contributed by atoms with Crippen LogP contribution in [0.4, 0.5) is 11.6 Å². The number of nitrogens with two attached hydrogens (primary N) is 1. The van der Waals surface area contributed by atoms with E-state index in [2.05, 4.69) is 21.8 Å². The molecule has 0 bridgehead atoms. The van der Waals surface area contributed by atoms with E-state index in [0.717, 1.165) is 6.54 Å². The topological polar surface area (TPSA) is 75.0 Å². The Morgan fingerprint density at radius 1 is 1.40 bits per heavy atom. The van der Waals surface area contributed by atoms with Crippen LogP contribution in [0.25, 0.3) is 10.9 Å². The molecule has 0 saturated heterocycles. The molecule has 0 unspecified atom stereocenters. The monoisotopic (exact) mass is 272 g/mol. The Labute approximate surface area is 117 Å². The Hall–Kier alpha value is -2.04. The third kappa shape index (κ3) is 2.24. The maximum Gasteiger partial charge on any atom is 0.260 e. The second kappa shape index (κ2) is 5.15. The van der Waals surface area contributed by atoms with Crippen LogP contribution in [0.15, 0.2) is 23.0 Å². The van der Waals surface area contributed by atoms with Gasteiger partial charge in [-0.3, -0.25) is 9.78 Å². The summed E-state index contributed by atoms with van der Waals surface area (Å²) in [7, 11) is 0. The van der Waals surface area contributed by atoms with E-state index in [1.54, 1.807) is 12.1 Å². The lowest BCUT2D eigenvalue weighted by Crippen LogP contribution is -2.35. The number of hydrogen-bond donors (Lipinski definition) is 2. The Balaban J connectivity index is 2.07. The Bertz CT molecular complexity index is 673. The SMILES string of the molecule is CCN(c1nc2ccc(N)cc2c(=O)[nH]1)C1CCCC1. The normalized spacial score (nSPS) is 15.8. The number of H-pyrrole nitrogens is 1. The van der Waals surface area contributed by atoms with Crippen LogP contribution >= 0.6 is 0 Å². The van der Waals surface area contributed by atoms with Crippen LogP contribution in [0.2, 0.25) is 0 Å². The summed E-state index contributed by atoms with van der Waals surface area (Å²) >= 11 is 0. The van der Waals surface area contributed by atoms with E-state index in [1.165, 1.54) is 25.7 Å². The number of anilines is 2. The Morgan fingerprint density at radius 2 is 2.15 bits per heavy atom. The molecule has 106 valence electrons. The largest absolute Gasteiger partial charge is 0.399 e. The summed E-state index contributed by atoms with van der Waals surface area (Å²) in [5.41, 5.74) is 6.90. The van der Waals surface area contributed by atoms with Crippen molar-refractivity contribution < 1.29 is 0 Å². The molecule has 3 rings (SSSR count). The lowest BCUT2D eigenvalue weighted by atomic mass is 10.2. The van der Waals surface area contributed by atoms with Gasteiger partial charge in [0, 0.05) is 18.3 Å². The second-order valence-corrected chi connectivity index (χ2v) is 5.39. The van der Waals surface area contributed by atoms with Gasteiger partial charge in [0.2, 0.25) is 5.95 Å². The highest BCUT2D eigenvalue weighted by molar-refractivity contribution is 5.81. The highest BCUT2D eigenvalue weighted by Gasteiger charge is 2.23. The molecule has 1 saturated carbocycles. The number of nitrogens with one attached hydrogen (secondary N) is 1. The molecule has 1 aliphatic carbocycles.